The van der Waals surface area contributed by atoms with Gasteiger partial charge < -0.3 is 5.11 Å². The lowest BCUT2D eigenvalue weighted by atomic mass is 9.89. The van der Waals surface area contributed by atoms with Crippen molar-refractivity contribution in [1.82, 2.24) is 4.90 Å². The fourth-order valence-corrected chi connectivity index (χ4v) is 1.53. The second kappa shape index (κ2) is 4.10. The zero-order valence-corrected chi connectivity index (χ0v) is 8.36. The summed E-state index contributed by atoms with van der Waals surface area (Å²) >= 11 is 0. The molecule has 0 saturated carbocycles. The van der Waals surface area contributed by atoms with Crippen molar-refractivity contribution < 1.29 is 9.90 Å². The molecule has 0 aromatic carbocycles. The van der Waals surface area contributed by atoms with Gasteiger partial charge in [0, 0.05) is 0 Å². The van der Waals surface area contributed by atoms with Crippen molar-refractivity contribution in [2.75, 3.05) is 13.6 Å². The molecule has 0 bridgehead atoms. The summed E-state index contributed by atoms with van der Waals surface area (Å²) in [7, 11) is 1.88. The van der Waals surface area contributed by atoms with Crippen molar-refractivity contribution in [1.29, 1.82) is 0 Å². The average molecular weight is 194 g/mol. The molecule has 0 aromatic heterocycles. The van der Waals surface area contributed by atoms with Gasteiger partial charge in [0.05, 0.1) is 0 Å². The van der Waals surface area contributed by atoms with E-state index in [1.807, 2.05) is 11.9 Å². The maximum Gasteiger partial charge on any atom is 0.323 e. The highest BCUT2D eigenvalue weighted by molar-refractivity contribution is 5.85. The molecule has 1 atom stereocenters. The average Bonchev–Trinajstić information content (AvgIpc) is 1.95. The lowest BCUT2D eigenvalue weighted by Gasteiger charge is -2.38. The monoisotopic (exact) mass is 193 g/mol. The van der Waals surface area contributed by atoms with Crippen molar-refractivity contribution in [3.8, 4) is 0 Å². The fourth-order valence-electron chi connectivity index (χ4n) is 1.53. The van der Waals surface area contributed by atoms with Gasteiger partial charge in [0.2, 0.25) is 0 Å². The number of hydrogen-bond donors (Lipinski definition) is 1. The second-order valence-electron chi connectivity index (χ2n) is 3.46. The summed E-state index contributed by atoms with van der Waals surface area (Å²) in [5.41, 5.74) is -0.613. The summed E-state index contributed by atoms with van der Waals surface area (Å²) in [6.45, 7) is 2.71. The smallest absolute Gasteiger partial charge is 0.323 e. The minimum atomic E-state index is -0.695. The van der Waals surface area contributed by atoms with Crippen LogP contribution in [0.5, 0.6) is 0 Å². The Morgan fingerprint density at radius 1 is 1.50 bits per heavy atom. The molecule has 1 unspecified atom stereocenters. The quantitative estimate of drug-likeness (QED) is 0.684. The molecular weight excluding hydrogens is 178 g/mol. The molecule has 1 aliphatic heterocycles. The van der Waals surface area contributed by atoms with E-state index in [9.17, 15) is 4.79 Å². The number of carboxylic acids is 1. The van der Waals surface area contributed by atoms with Crippen LogP contribution in [0.25, 0.3) is 0 Å². The van der Waals surface area contributed by atoms with Gasteiger partial charge in [0.15, 0.2) is 0 Å². The van der Waals surface area contributed by atoms with Gasteiger partial charge in [-0.25, -0.2) is 0 Å². The van der Waals surface area contributed by atoms with Crippen LogP contribution in [0.3, 0.4) is 0 Å². The summed E-state index contributed by atoms with van der Waals surface area (Å²) in [6, 6.07) is 0. The van der Waals surface area contributed by atoms with Crippen LogP contribution in [0.1, 0.15) is 26.2 Å². The van der Waals surface area contributed by atoms with Crippen LogP contribution in [0.2, 0.25) is 0 Å². The van der Waals surface area contributed by atoms with Crippen molar-refractivity contribution in [3.63, 3.8) is 0 Å². The lowest BCUT2D eigenvalue weighted by Crippen LogP contribution is -2.52. The van der Waals surface area contributed by atoms with Crippen LogP contribution in [0.15, 0.2) is 0 Å². The van der Waals surface area contributed by atoms with E-state index in [0.717, 1.165) is 25.8 Å². The first kappa shape index (κ1) is 11.7. The first-order chi connectivity index (χ1) is 5.07. The van der Waals surface area contributed by atoms with Crippen molar-refractivity contribution in [2.45, 2.75) is 31.7 Å². The Bertz CT molecular complexity index is 174. The molecule has 1 aliphatic rings. The van der Waals surface area contributed by atoms with Crippen LogP contribution >= 0.6 is 12.4 Å². The molecule has 1 N–H and O–H groups in total. The zero-order chi connectivity index (χ0) is 8.48. The summed E-state index contributed by atoms with van der Waals surface area (Å²) in [6.07, 6.45) is 2.94. The summed E-state index contributed by atoms with van der Waals surface area (Å²) in [5, 5.41) is 8.93. The number of hydrogen-bond acceptors (Lipinski definition) is 2. The molecule has 12 heavy (non-hydrogen) atoms. The van der Waals surface area contributed by atoms with Crippen molar-refractivity contribution >= 4 is 18.4 Å². The van der Waals surface area contributed by atoms with Gasteiger partial charge in [-0.3, -0.25) is 9.69 Å². The maximum absolute atomic E-state index is 10.8. The Morgan fingerprint density at radius 3 is 2.42 bits per heavy atom. The number of nitrogens with zero attached hydrogens (tertiary/aromatic N) is 1. The van der Waals surface area contributed by atoms with E-state index >= 15 is 0 Å². The SMILES string of the molecule is CN1CCCCC1(C)C(=O)O.Cl. The van der Waals surface area contributed by atoms with Gasteiger partial charge in [0.1, 0.15) is 5.54 Å². The van der Waals surface area contributed by atoms with E-state index < -0.39 is 11.5 Å². The highest BCUT2D eigenvalue weighted by atomic mass is 35.5. The number of piperidine rings is 1. The van der Waals surface area contributed by atoms with E-state index in [4.69, 9.17) is 5.11 Å². The van der Waals surface area contributed by atoms with Gasteiger partial charge >= 0.3 is 5.97 Å². The third kappa shape index (κ3) is 1.90. The lowest BCUT2D eigenvalue weighted by molar-refractivity contribution is -0.151. The third-order valence-corrected chi connectivity index (χ3v) is 2.71. The zero-order valence-electron chi connectivity index (χ0n) is 7.54. The predicted molar refractivity (Wildman–Crippen MR) is 49.8 cm³/mol. The van der Waals surface area contributed by atoms with Gasteiger partial charge in [-0.1, -0.05) is 0 Å². The number of carbonyl (C=O) groups is 1. The third-order valence-electron chi connectivity index (χ3n) is 2.71. The van der Waals surface area contributed by atoms with Crippen LogP contribution in [0, 0.1) is 0 Å². The summed E-state index contributed by atoms with van der Waals surface area (Å²) in [5.74, 6) is -0.695. The minimum Gasteiger partial charge on any atom is -0.480 e. The molecule has 3 nitrogen and oxygen atoms in total. The minimum absolute atomic E-state index is 0. The fraction of sp³-hybridized carbons (Fsp3) is 0.875. The molecule has 0 spiro atoms. The highest BCUT2D eigenvalue weighted by Crippen LogP contribution is 2.26. The maximum atomic E-state index is 10.8. The molecule has 0 radical (unpaired) electrons. The molecule has 1 heterocycles. The van der Waals surface area contributed by atoms with E-state index in [0.29, 0.717) is 0 Å². The molecule has 0 aliphatic carbocycles. The number of likely N-dealkylation sites (tertiary alicyclic amines) is 1. The molecule has 0 amide bonds. The van der Waals surface area contributed by atoms with Crippen LogP contribution in [-0.2, 0) is 4.79 Å². The second-order valence-corrected chi connectivity index (χ2v) is 3.46. The number of halogens is 1. The van der Waals surface area contributed by atoms with Crippen LogP contribution < -0.4 is 0 Å². The molecular formula is C8H16ClNO2. The van der Waals surface area contributed by atoms with Gasteiger partial charge in [-0.05, 0) is 39.8 Å². The van der Waals surface area contributed by atoms with E-state index in [1.54, 1.807) is 6.92 Å². The topological polar surface area (TPSA) is 40.5 Å². The Morgan fingerprint density at radius 2 is 2.08 bits per heavy atom. The van der Waals surface area contributed by atoms with E-state index in [-0.39, 0.29) is 12.4 Å². The van der Waals surface area contributed by atoms with E-state index in [2.05, 4.69) is 0 Å². The van der Waals surface area contributed by atoms with Crippen LogP contribution in [0.4, 0.5) is 0 Å². The molecule has 0 aromatic rings. The van der Waals surface area contributed by atoms with Crippen LogP contribution in [-0.4, -0.2) is 35.1 Å². The van der Waals surface area contributed by atoms with Crippen molar-refractivity contribution in [2.24, 2.45) is 0 Å². The predicted octanol–water partition coefficient (Wildman–Crippen LogP) is 1.37. The first-order valence-electron chi connectivity index (χ1n) is 4.02. The Kier molecular flexibility index (Phi) is 4.00. The standard InChI is InChI=1S/C8H15NO2.ClH/c1-8(7(10)11)5-3-4-6-9(8)2;/h3-6H2,1-2H3,(H,10,11);1H. The Labute approximate surface area is 79.2 Å². The number of likely N-dealkylation sites (N-methyl/N-ethyl adjacent to an activating group) is 1. The van der Waals surface area contributed by atoms with E-state index in [1.165, 1.54) is 0 Å². The summed E-state index contributed by atoms with van der Waals surface area (Å²) < 4.78 is 0. The van der Waals surface area contributed by atoms with Gasteiger partial charge in [0.25, 0.3) is 0 Å². The number of aliphatic carboxylic acids is 1. The van der Waals surface area contributed by atoms with Gasteiger partial charge in [-0.15, -0.1) is 12.4 Å². The molecule has 4 heteroatoms. The first-order valence-corrected chi connectivity index (χ1v) is 4.02. The number of rotatable bonds is 1. The highest BCUT2D eigenvalue weighted by Gasteiger charge is 2.38. The summed E-state index contributed by atoms with van der Waals surface area (Å²) in [4.78, 5) is 12.8. The molecule has 72 valence electrons. The molecule has 1 saturated heterocycles. The Balaban J connectivity index is 0.00000121. The van der Waals surface area contributed by atoms with Gasteiger partial charge in [-0.2, -0.15) is 0 Å². The Hall–Kier alpha value is -0.280. The normalized spacial score (nSPS) is 30.8. The molecule has 1 fully saturated rings. The largest absolute Gasteiger partial charge is 0.480 e. The molecule has 1 rings (SSSR count). The van der Waals surface area contributed by atoms with Crippen molar-refractivity contribution in [3.05, 3.63) is 0 Å². The number of carboxylic acid groups (broad SMARTS) is 1.